The molecule has 2 aromatic rings. The normalized spacial score (nSPS) is 12.4. The topological polar surface area (TPSA) is 63.8 Å². The van der Waals surface area contributed by atoms with Crippen LogP contribution in [0.15, 0.2) is 36.7 Å². The van der Waals surface area contributed by atoms with Gasteiger partial charge in [-0.15, -0.1) is 0 Å². The molecule has 0 bridgehead atoms. The number of benzene rings is 1. The molecule has 3 N–H and O–H groups in total. The zero-order valence-corrected chi connectivity index (χ0v) is 10.2. The lowest BCUT2D eigenvalue weighted by Crippen LogP contribution is -2.29. The van der Waals surface area contributed by atoms with Crippen molar-refractivity contribution in [2.24, 2.45) is 5.84 Å². The van der Waals surface area contributed by atoms with Crippen LogP contribution in [-0.2, 0) is 6.42 Å². The average Bonchev–Trinajstić information content (AvgIpc) is 2.39. The lowest BCUT2D eigenvalue weighted by molar-refractivity contribution is 0.547. The van der Waals surface area contributed by atoms with Crippen LogP contribution >= 0.6 is 11.6 Å². The second-order valence-corrected chi connectivity index (χ2v) is 4.24. The van der Waals surface area contributed by atoms with E-state index in [1.165, 1.54) is 12.1 Å². The number of hydrogen-bond donors (Lipinski definition) is 2. The quantitative estimate of drug-likeness (QED) is 0.656. The van der Waals surface area contributed by atoms with Gasteiger partial charge in [-0.1, -0.05) is 17.7 Å². The van der Waals surface area contributed by atoms with Crippen molar-refractivity contribution in [2.75, 3.05) is 0 Å². The van der Waals surface area contributed by atoms with Crippen LogP contribution in [0.3, 0.4) is 0 Å². The number of nitrogens with two attached hydrogens (primary N) is 1. The van der Waals surface area contributed by atoms with E-state index in [-0.39, 0.29) is 11.9 Å². The van der Waals surface area contributed by atoms with Gasteiger partial charge in [0.1, 0.15) is 5.82 Å². The first kappa shape index (κ1) is 12.9. The summed E-state index contributed by atoms with van der Waals surface area (Å²) in [6.45, 7) is 0. The van der Waals surface area contributed by atoms with Crippen LogP contribution < -0.4 is 11.3 Å². The Morgan fingerprint density at radius 2 is 2.17 bits per heavy atom. The molecular weight excluding hydrogens is 255 g/mol. The van der Waals surface area contributed by atoms with Gasteiger partial charge in [0.05, 0.1) is 12.2 Å². The standard InChI is InChI=1S/C12H12ClFN4/c13-11-6-10(14)2-1-8(11)5-12(18-15)9-3-4-16-17-7-9/h1-4,6-7,12,18H,5,15H2. The predicted molar refractivity (Wildman–Crippen MR) is 67.2 cm³/mol. The lowest BCUT2D eigenvalue weighted by atomic mass is 10.0. The summed E-state index contributed by atoms with van der Waals surface area (Å²) < 4.78 is 12.9. The number of halogens is 2. The number of hydrogen-bond acceptors (Lipinski definition) is 4. The maximum absolute atomic E-state index is 12.9. The van der Waals surface area contributed by atoms with Crippen LogP contribution in [-0.4, -0.2) is 10.2 Å². The molecule has 6 heteroatoms. The van der Waals surface area contributed by atoms with E-state index in [0.717, 1.165) is 11.1 Å². The van der Waals surface area contributed by atoms with E-state index in [4.69, 9.17) is 17.4 Å². The Morgan fingerprint density at radius 3 is 2.78 bits per heavy atom. The highest BCUT2D eigenvalue weighted by Gasteiger charge is 2.13. The molecule has 0 spiro atoms. The Morgan fingerprint density at radius 1 is 1.33 bits per heavy atom. The van der Waals surface area contributed by atoms with Gasteiger partial charge in [-0.25, -0.2) is 4.39 Å². The van der Waals surface area contributed by atoms with Crippen LogP contribution in [0.5, 0.6) is 0 Å². The van der Waals surface area contributed by atoms with Crippen LogP contribution in [0, 0.1) is 5.82 Å². The number of hydrazine groups is 1. The van der Waals surface area contributed by atoms with Gasteiger partial charge in [0, 0.05) is 11.2 Å². The Balaban J connectivity index is 2.21. The molecule has 1 unspecified atom stereocenters. The van der Waals surface area contributed by atoms with Crippen LogP contribution in [0.2, 0.25) is 5.02 Å². The van der Waals surface area contributed by atoms with Crippen molar-refractivity contribution >= 4 is 11.6 Å². The summed E-state index contributed by atoms with van der Waals surface area (Å²) in [5, 5.41) is 7.88. The first-order valence-electron chi connectivity index (χ1n) is 5.37. The van der Waals surface area contributed by atoms with Crippen LogP contribution in [0.25, 0.3) is 0 Å². The Kier molecular flexibility index (Phi) is 4.19. The summed E-state index contributed by atoms with van der Waals surface area (Å²) in [5.74, 6) is 5.16. The molecule has 1 heterocycles. The third-order valence-electron chi connectivity index (χ3n) is 2.65. The Hall–Kier alpha value is -1.56. The van der Waals surface area contributed by atoms with Gasteiger partial charge in [-0.2, -0.15) is 10.2 Å². The monoisotopic (exact) mass is 266 g/mol. The predicted octanol–water partition coefficient (Wildman–Crippen LogP) is 2.02. The molecule has 0 amide bonds. The maximum Gasteiger partial charge on any atom is 0.124 e. The van der Waals surface area contributed by atoms with Gasteiger partial charge in [0.15, 0.2) is 0 Å². The number of nitrogens with one attached hydrogen (secondary N) is 1. The molecule has 0 aliphatic heterocycles. The molecule has 94 valence electrons. The van der Waals surface area contributed by atoms with Gasteiger partial charge < -0.3 is 0 Å². The minimum absolute atomic E-state index is 0.150. The largest absolute Gasteiger partial charge is 0.271 e. The molecule has 2 rings (SSSR count). The van der Waals surface area contributed by atoms with Gasteiger partial charge in [-0.05, 0) is 35.7 Å². The third-order valence-corrected chi connectivity index (χ3v) is 3.00. The minimum atomic E-state index is -0.355. The maximum atomic E-state index is 12.9. The number of aromatic nitrogens is 2. The molecule has 0 saturated carbocycles. The molecule has 0 fully saturated rings. The van der Waals surface area contributed by atoms with E-state index >= 15 is 0 Å². The third kappa shape index (κ3) is 3.01. The second-order valence-electron chi connectivity index (χ2n) is 3.83. The number of nitrogens with zero attached hydrogens (tertiary/aromatic N) is 2. The second kappa shape index (κ2) is 5.86. The first-order chi connectivity index (χ1) is 8.70. The van der Waals surface area contributed by atoms with Crippen molar-refractivity contribution in [3.63, 3.8) is 0 Å². The van der Waals surface area contributed by atoms with Crippen molar-refractivity contribution in [3.8, 4) is 0 Å². The first-order valence-corrected chi connectivity index (χ1v) is 5.75. The van der Waals surface area contributed by atoms with Crippen molar-refractivity contribution in [1.29, 1.82) is 0 Å². The molecule has 0 saturated heterocycles. The minimum Gasteiger partial charge on any atom is -0.271 e. The fourth-order valence-corrected chi connectivity index (χ4v) is 1.93. The summed E-state index contributed by atoms with van der Waals surface area (Å²) in [4.78, 5) is 0. The molecule has 0 aliphatic rings. The van der Waals surface area contributed by atoms with E-state index < -0.39 is 0 Å². The molecule has 1 aromatic carbocycles. The molecule has 4 nitrogen and oxygen atoms in total. The average molecular weight is 267 g/mol. The molecule has 0 radical (unpaired) electrons. The van der Waals surface area contributed by atoms with Gasteiger partial charge in [-0.3, -0.25) is 11.3 Å². The van der Waals surface area contributed by atoms with Crippen molar-refractivity contribution < 1.29 is 4.39 Å². The molecule has 1 atom stereocenters. The molecule has 0 aliphatic carbocycles. The van der Waals surface area contributed by atoms with E-state index in [1.807, 2.05) is 6.07 Å². The van der Waals surface area contributed by atoms with E-state index in [9.17, 15) is 4.39 Å². The molecule has 1 aromatic heterocycles. The summed E-state index contributed by atoms with van der Waals surface area (Å²) in [6, 6.07) is 5.98. The van der Waals surface area contributed by atoms with Gasteiger partial charge in [0.2, 0.25) is 0 Å². The lowest BCUT2D eigenvalue weighted by Gasteiger charge is -2.16. The zero-order chi connectivity index (χ0) is 13.0. The summed E-state index contributed by atoms with van der Waals surface area (Å²) in [5.41, 5.74) is 4.40. The fourth-order valence-electron chi connectivity index (χ4n) is 1.69. The van der Waals surface area contributed by atoms with Gasteiger partial charge >= 0.3 is 0 Å². The van der Waals surface area contributed by atoms with Crippen molar-refractivity contribution in [1.82, 2.24) is 15.6 Å². The van der Waals surface area contributed by atoms with Crippen molar-refractivity contribution in [3.05, 3.63) is 58.6 Å². The smallest absolute Gasteiger partial charge is 0.124 e. The number of rotatable bonds is 4. The highest BCUT2D eigenvalue weighted by atomic mass is 35.5. The summed E-state index contributed by atoms with van der Waals surface area (Å²) in [7, 11) is 0. The van der Waals surface area contributed by atoms with Crippen LogP contribution in [0.4, 0.5) is 4.39 Å². The fraction of sp³-hybridized carbons (Fsp3) is 0.167. The van der Waals surface area contributed by atoms with Gasteiger partial charge in [0.25, 0.3) is 0 Å². The molecular formula is C12H12ClFN4. The van der Waals surface area contributed by atoms with Crippen LogP contribution in [0.1, 0.15) is 17.2 Å². The summed E-state index contributed by atoms with van der Waals surface area (Å²) in [6.07, 6.45) is 3.76. The van der Waals surface area contributed by atoms with Crippen molar-refractivity contribution in [2.45, 2.75) is 12.5 Å². The summed E-state index contributed by atoms with van der Waals surface area (Å²) >= 11 is 5.98. The zero-order valence-electron chi connectivity index (χ0n) is 9.48. The molecule has 18 heavy (non-hydrogen) atoms. The van der Waals surface area contributed by atoms with E-state index in [2.05, 4.69) is 15.6 Å². The Bertz CT molecular complexity index is 521. The van der Waals surface area contributed by atoms with E-state index in [0.29, 0.717) is 11.4 Å². The Labute approximate surface area is 109 Å². The highest BCUT2D eigenvalue weighted by Crippen LogP contribution is 2.23. The SMILES string of the molecule is NNC(Cc1ccc(F)cc1Cl)c1ccnnc1. The van der Waals surface area contributed by atoms with E-state index in [1.54, 1.807) is 18.5 Å². The highest BCUT2D eigenvalue weighted by molar-refractivity contribution is 6.31.